The number of aliphatic hydroxyl groups is 2. The highest BCUT2D eigenvalue weighted by atomic mass is 28.4. The van der Waals surface area contributed by atoms with Crippen molar-refractivity contribution >= 4 is 8.32 Å². The van der Waals surface area contributed by atoms with Crippen LogP contribution in [0.5, 0.6) is 0 Å². The average Bonchev–Trinajstić information content (AvgIpc) is 2.12. The van der Waals surface area contributed by atoms with Gasteiger partial charge in [-0.25, -0.2) is 0 Å². The lowest BCUT2D eigenvalue weighted by molar-refractivity contribution is -0.000341. The van der Waals surface area contributed by atoms with Gasteiger partial charge in [-0.1, -0.05) is 20.8 Å². The summed E-state index contributed by atoms with van der Waals surface area (Å²) >= 11 is 0. The largest absolute Gasteiger partial charge is 0.389 e. The molecule has 0 rings (SSSR count). The second-order valence-corrected chi connectivity index (χ2v) is 10.1. The van der Waals surface area contributed by atoms with E-state index in [-0.39, 0.29) is 5.04 Å². The molecule has 0 heterocycles. The Morgan fingerprint density at radius 1 is 1.29 bits per heavy atom. The summed E-state index contributed by atoms with van der Waals surface area (Å²) in [4.78, 5) is 0. The van der Waals surface area contributed by atoms with E-state index in [0.29, 0.717) is 0 Å². The van der Waals surface area contributed by atoms with E-state index < -0.39 is 27.1 Å². The summed E-state index contributed by atoms with van der Waals surface area (Å²) < 4.78 is 30.6. The van der Waals surface area contributed by atoms with Crippen LogP contribution in [0, 0.1) is 11.8 Å². The van der Waals surface area contributed by atoms with E-state index in [4.69, 9.17) is 9.53 Å². The van der Waals surface area contributed by atoms with E-state index in [1.807, 2.05) is 39.8 Å². The quantitative estimate of drug-likeness (QED) is 0.466. The summed E-state index contributed by atoms with van der Waals surface area (Å²) in [6.07, 6.45) is -1.55. The molecule has 17 heavy (non-hydrogen) atoms. The summed E-state index contributed by atoms with van der Waals surface area (Å²) in [7, 11) is -2.23. The average molecular weight is 266 g/mol. The maximum Gasteiger partial charge on any atom is 0.330 e. The number of rotatable bonds is 3. The second-order valence-electron chi connectivity index (χ2n) is 5.36. The summed E-state index contributed by atoms with van der Waals surface area (Å²) in [5.74, 6) is -0.0958. The monoisotopic (exact) mass is 266 g/mol. The topological polar surface area (TPSA) is 49.7 Å². The molecule has 0 aliphatic rings. The van der Waals surface area contributed by atoms with Gasteiger partial charge in [0.2, 0.25) is 6.29 Å². The van der Waals surface area contributed by atoms with Gasteiger partial charge < -0.3 is 14.6 Å². The van der Waals surface area contributed by atoms with Crippen molar-refractivity contribution in [3.05, 3.63) is 0 Å². The van der Waals surface area contributed by atoms with Gasteiger partial charge in [0.1, 0.15) is 6.61 Å². The molecule has 6 heteroatoms. The maximum absolute atomic E-state index is 12.6. The fraction of sp³-hybridized carbons (Fsp3) is 0.818. The Labute approximate surface area is 102 Å². The highest BCUT2D eigenvalue weighted by Gasteiger charge is 2.38. The van der Waals surface area contributed by atoms with Gasteiger partial charge in [0, 0.05) is 0 Å². The van der Waals surface area contributed by atoms with Gasteiger partial charge >= 0.3 is 5.92 Å². The minimum absolute atomic E-state index is 0.144. The zero-order valence-electron chi connectivity index (χ0n) is 10.8. The van der Waals surface area contributed by atoms with Crippen LogP contribution in [0.15, 0.2) is 0 Å². The minimum atomic E-state index is -3.50. The van der Waals surface area contributed by atoms with Crippen molar-refractivity contribution < 1.29 is 23.4 Å². The number of halogens is 2. The Bertz CT molecular complexity index is 313. The molecule has 0 aliphatic carbocycles. The van der Waals surface area contributed by atoms with E-state index in [1.54, 1.807) is 0 Å². The highest BCUT2D eigenvalue weighted by Crippen LogP contribution is 2.36. The molecule has 0 amide bonds. The van der Waals surface area contributed by atoms with E-state index in [9.17, 15) is 13.9 Å². The molecule has 1 unspecified atom stereocenters. The first-order valence-electron chi connectivity index (χ1n) is 5.28. The number of hydrogen-bond donors (Lipinski definition) is 2. The van der Waals surface area contributed by atoms with Gasteiger partial charge in [-0.15, -0.1) is 0 Å². The minimum Gasteiger partial charge on any atom is -0.389 e. The molecule has 0 aromatic heterocycles. The van der Waals surface area contributed by atoms with Gasteiger partial charge in [0.05, 0.1) is 0 Å². The van der Waals surface area contributed by atoms with Gasteiger partial charge in [-0.3, -0.25) is 0 Å². The van der Waals surface area contributed by atoms with E-state index >= 15 is 0 Å². The zero-order valence-corrected chi connectivity index (χ0v) is 11.8. The Balaban J connectivity index is 4.63. The first kappa shape index (κ1) is 16.5. The van der Waals surface area contributed by atoms with Crippen molar-refractivity contribution in [3.8, 4) is 11.8 Å². The summed E-state index contributed by atoms with van der Waals surface area (Å²) in [5, 5.41) is 17.6. The van der Waals surface area contributed by atoms with Crippen LogP contribution in [0.3, 0.4) is 0 Å². The lowest BCUT2D eigenvalue weighted by Crippen LogP contribution is -2.43. The molecule has 100 valence electrons. The fourth-order valence-electron chi connectivity index (χ4n) is 0.692. The van der Waals surface area contributed by atoms with Crippen molar-refractivity contribution in [3.63, 3.8) is 0 Å². The Kier molecular flexibility index (Phi) is 5.29. The number of alkyl halides is 2. The maximum atomic E-state index is 12.6. The summed E-state index contributed by atoms with van der Waals surface area (Å²) in [5.41, 5.74) is 0. The summed E-state index contributed by atoms with van der Waals surface area (Å²) in [6, 6.07) is 0. The van der Waals surface area contributed by atoms with Crippen LogP contribution in [0.25, 0.3) is 0 Å². The molecule has 3 nitrogen and oxygen atoms in total. The molecule has 0 aromatic rings. The number of aliphatic hydroxyl groups excluding tert-OH is 2. The smallest absolute Gasteiger partial charge is 0.330 e. The Morgan fingerprint density at radius 3 is 2.12 bits per heavy atom. The fourth-order valence-corrected chi connectivity index (χ4v) is 1.66. The summed E-state index contributed by atoms with van der Waals surface area (Å²) in [6.45, 7) is 8.27. The SMILES string of the molecule is CC(C)(C)[Si](C)(C)OC(O)C#CC(F)(F)CO. The van der Waals surface area contributed by atoms with E-state index in [0.717, 1.165) is 0 Å². The molecule has 0 saturated carbocycles. The van der Waals surface area contributed by atoms with Gasteiger partial charge in [0.25, 0.3) is 0 Å². The van der Waals surface area contributed by atoms with Crippen molar-refractivity contribution in [2.45, 2.75) is 51.1 Å². The molecule has 0 aromatic carbocycles. The van der Waals surface area contributed by atoms with Crippen LogP contribution in [-0.4, -0.2) is 37.3 Å². The van der Waals surface area contributed by atoms with E-state index in [2.05, 4.69) is 0 Å². The van der Waals surface area contributed by atoms with Crippen LogP contribution in [0.2, 0.25) is 18.1 Å². The molecule has 0 aliphatic heterocycles. The predicted molar refractivity (Wildman–Crippen MR) is 64.1 cm³/mol. The molecular weight excluding hydrogens is 246 g/mol. The lowest BCUT2D eigenvalue weighted by Gasteiger charge is -2.36. The molecule has 1 atom stereocenters. The second kappa shape index (κ2) is 5.44. The molecule has 0 bridgehead atoms. The number of hydrogen-bond acceptors (Lipinski definition) is 3. The normalized spacial score (nSPS) is 15.1. The van der Waals surface area contributed by atoms with Gasteiger partial charge in [-0.05, 0) is 30.0 Å². The molecular formula is C11H20F2O3Si. The van der Waals surface area contributed by atoms with Gasteiger partial charge in [0.15, 0.2) is 8.32 Å². The third kappa shape index (κ3) is 5.59. The Morgan fingerprint density at radius 2 is 1.76 bits per heavy atom. The van der Waals surface area contributed by atoms with Crippen LogP contribution in [0.1, 0.15) is 20.8 Å². The van der Waals surface area contributed by atoms with Crippen molar-refractivity contribution in [2.75, 3.05) is 6.61 Å². The van der Waals surface area contributed by atoms with Gasteiger partial charge in [-0.2, -0.15) is 8.78 Å². The van der Waals surface area contributed by atoms with Crippen molar-refractivity contribution in [1.82, 2.24) is 0 Å². The van der Waals surface area contributed by atoms with Crippen LogP contribution < -0.4 is 0 Å². The third-order valence-electron chi connectivity index (χ3n) is 2.79. The molecule has 0 radical (unpaired) electrons. The molecule has 0 fully saturated rings. The van der Waals surface area contributed by atoms with E-state index in [1.165, 1.54) is 5.92 Å². The first-order valence-corrected chi connectivity index (χ1v) is 8.19. The molecule has 0 saturated heterocycles. The van der Waals surface area contributed by atoms with Crippen molar-refractivity contribution in [1.29, 1.82) is 0 Å². The van der Waals surface area contributed by atoms with Crippen LogP contribution in [-0.2, 0) is 4.43 Å². The molecule has 2 N–H and O–H groups in total. The zero-order chi connectivity index (χ0) is 13.9. The first-order chi connectivity index (χ1) is 7.41. The Hall–Kier alpha value is -0.483. The van der Waals surface area contributed by atoms with Crippen LogP contribution >= 0.6 is 0 Å². The molecule has 0 spiro atoms. The van der Waals surface area contributed by atoms with Crippen LogP contribution in [0.4, 0.5) is 8.78 Å². The highest BCUT2D eigenvalue weighted by molar-refractivity contribution is 6.74. The van der Waals surface area contributed by atoms with Crippen molar-refractivity contribution in [2.24, 2.45) is 0 Å². The lowest BCUT2D eigenvalue weighted by atomic mass is 10.2. The predicted octanol–water partition coefficient (Wildman–Crippen LogP) is 1.96. The third-order valence-corrected chi connectivity index (χ3v) is 7.21. The standard InChI is InChI=1S/C11H20F2O3Si/c1-10(2,3)17(4,5)16-9(15)6-7-11(12,13)8-14/h9,14-15H,8H2,1-5H3.